The van der Waals surface area contributed by atoms with Gasteiger partial charge in [-0.1, -0.05) is 36.4 Å². The molecule has 0 spiro atoms. The largest absolute Gasteiger partial charge is 0.416 e. The van der Waals surface area contributed by atoms with E-state index in [1.807, 2.05) is 57.7 Å². The summed E-state index contributed by atoms with van der Waals surface area (Å²) in [6, 6.07) is 42.9. The van der Waals surface area contributed by atoms with Crippen LogP contribution in [0.4, 0.5) is 24.5 Å². The van der Waals surface area contributed by atoms with Crippen LogP contribution in [-0.4, -0.2) is 9.13 Å². The molecule has 0 aliphatic carbocycles. The van der Waals surface area contributed by atoms with Gasteiger partial charge in [0.15, 0.2) is 11.4 Å². The van der Waals surface area contributed by atoms with E-state index in [-0.39, 0.29) is 0 Å². The maximum Gasteiger partial charge on any atom is 0.416 e. The second-order valence-electron chi connectivity index (χ2n) is 14.1. The van der Waals surface area contributed by atoms with Crippen LogP contribution < -0.4 is 0 Å². The summed E-state index contributed by atoms with van der Waals surface area (Å²) < 4.78 is 45.4. The van der Waals surface area contributed by atoms with E-state index in [0.29, 0.717) is 67.3 Å². The summed E-state index contributed by atoms with van der Waals surface area (Å²) in [5.41, 5.74) is 8.66. The van der Waals surface area contributed by atoms with E-state index in [0.717, 1.165) is 55.7 Å². The quantitative estimate of drug-likeness (QED) is 0.167. The summed E-state index contributed by atoms with van der Waals surface area (Å²) >= 11 is 0. The molecule has 0 saturated heterocycles. The number of hydrogen-bond donors (Lipinski definition) is 0. The van der Waals surface area contributed by atoms with Gasteiger partial charge in [0.1, 0.15) is 0 Å². The van der Waals surface area contributed by atoms with E-state index in [9.17, 15) is 29.0 Å². The first kappa shape index (κ1) is 36.0. The van der Waals surface area contributed by atoms with Crippen molar-refractivity contribution in [3.63, 3.8) is 0 Å². The Bertz CT molecular complexity index is 3370. The number of nitriles is 3. The Hall–Kier alpha value is -8.62. The van der Waals surface area contributed by atoms with Crippen LogP contribution in [0.5, 0.6) is 0 Å². The summed E-state index contributed by atoms with van der Waals surface area (Å²) in [6.07, 6.45) is -4.51. The first-order valence-corrected chi connectivity index (χ1v) is 18.1. The predicted molar refractivity (Wildman–Crippen MR) is 222 cm³/mol. The average Bonchev–Trinajstić information content (AvgIpc) is 3.76. The van der Waals surface area contributed by atoms with Crippen LogP contribution in [0.2, 0.25) is 0 Å². The minimum Gasteiger partial charge on any atom is -0.309 e. The van der Waals surface area contributed by atoms with Gasteiger partial charge >= 0.3 is 6.18 Å². The average molecular weight is 768 g/mol. The molecule has 0 fully saturated rings. The van der Waals surface area contributed by atoms with Gasteiger partial charge in [-0.2, -0.15) is 29.0 Å². The molecule has 276 valence electrons. The van der Waals surface area contributed by atoms with Crippen LogP contribution in [0.3, 0.4) is 0 Å². The highest BCUT2D eigenvalue weighted by molar-refractivity contribution is 6.13. The molecule has 59 heavy (non-hydrogen) atoms. The molecule has 7 nitrogen and oxygen atoms in total. The first-order chi connectivity index (χ1) is 28.5. The SMILES string of the molecule is [C-]#[N+]c1ccc2c(c1)c1cc([N+]#[C-])ccc1n2-c1cc(-c2ccc(C(F)(F)F)cc2C)ccc1-c1ccc(C#N)cc1-n1c2ccc(C#N)cc2c2cc(C#N)ccc21. The molecule has 0 amide bonds. The molecule has 2 aromatic heterocycles. The molecule has 0 bridgehead atoms. The van der Waals surface area contributed by atoms with Gasteiger partial charge in [0.05, 0.1) is 87.0 Å². The molecule has 9 aromatic rings. The Morgan fingerprint density at radius 3 is 1.39 bits per heavy atom. The summed E-state index contributed by atoms with van der Waals surface area (Å²) in [5.74, 6) is 0. The molecule has 0 saturated carbocycles. The smallest absolute Gasteiger partial charge is 0.309 e. The predicted octanol–water partition coefficient (Wildman–Crippen LogP) is 13.3. The minimum atomic E-state index is -4.51. The molecule has 0 atom stereocenters. The standard InChI is InChI=1S/C49H24F3N7/c1-28-18-33(49(50,51)52)8-13-36(28)32-7-12-38(48(22-32)59-45-16-9-34(56-2)23-41(45)42-24-35(57-3)10-17-46(42)59)37-11-4-31(27-55)21-47(37)58-43-14-5-29(25-53)19-39(43)40-20-30(26-54)6-15-44(40)58/h4-24H,1H3. The lowest BCUT2D eigenvalue weighted by Gasteiger charge is -2.20. The van der Waals surface area contributed by atoms with E-state index >= 15 is 0 Å². The highest BCUT2D eigenvalue weighted by Gasteiger charge is 2.31. The van der Waals surface area contributed by atoms with E-state index in [1.54, 1.807) is 67.6 Å². The Labute approximate surface area is 335 Å². The van der Waals surface area contributed by atoms with E-state index in [2.05, 4.69) is 27.9 Å². The molecule has 2 heterocycles. The van der Waals surface area contributed by atoms with Crippen molar-refractivity contribution in [1.82, 2.24) is 9.13 Å². The van der Waals surface area contributed by atoms with Crippen LogP contribution >= 0.6 is 0 Å². The third-order valence-electron chi connectivity index (χ3n) is 10.8. The summed E-state index contributed by atoms with van der Waals surface area (Å²) in [7, 11) is 0. The lowest BCUT2D eigenvalue weighted by Crippen LogP contribution is -2.05. The lowest BCUT2D eigenvalue weighted by atomic mass is 9.93. The number of nitrogens with zero attached hydrogens (tertiary/aromatic N) is 7. The number of hydrogen-bond acceptors (Lipinski definition) is 3. The van der Waals surface area contributed by atoms with Gasteiger partial charge in [-0.25, -0.2) is 9.69 Å². The van der Waals surface area contributed by atoms with E-state index in [4.69, 9.17) is 13.1 Å². The summed E-state index contributed by atoms with van der Waals surface area (Å²) in [4.78, 5) is 7.34. The molecule has 9 rings (SSSR count). The molecule has 0 aliphatic rings. The van der Waals surface area contributed by atoms with Crippen molar-refractivity contribution in [2.75, 3.05) is 0 Å². The van der Waals surface area contributed by atoms with Crippen molar-refractivity contribution in [2.24, 2.45) is 0 Å². The van der Waals surface area contributed by atoms with Gasteiger partial charge in [-0.05, 0) is 125 Å². The van der Waals surface area contributed by atoms with Crippen molar-refractivity contribution in [1.29, 1.82) is 15.8 Å². The number of fused-ring (bicyclic) bond motifs is 6. The van der Waals surface area contributed by atoms with Gasteiger partial charge in [-0.3, -0.25) is 0 Å². The monoisotopic (exact) mass is 767 g/mol. The highest BCUT2D eigenvalue weighted by Crippen LogP contribution is 2.44. The van der Waals surface area contributed by atoms with E-state index < -0.39 is 11.7 Å². The second kappa shape index (κ2) is 13.5. The number of aryl methyl sites for hydroxylation is 1. The van der Waals surface area contributed by atoms with Crippen LogP contribution in [0.15, 0.2) is 127 Å². The zero-order valence-corrected chi connectivity index (χ0v) is 30.9. The van der Waals surface area contributed by atoms with Crippen molar-refractivity contribution < 1.29 is 13.2 Å². The summed E-state index contributed by atoms with van der Waals surface area (Å²) in [5, 5.41) is 32.8. The Balaban J connectivity index is 1.41. The van der Waals surface area contributed by atoms with Crippen molar-refractivity contribution in [3.05, 3.63) is 178 Å². The number of rotatable bonds is 4. The second-order valence-corrected chi connectivity index (χ2v) is 14.1. The highest BCUT2D eigenvalue weighted by atomic mass is 19.4. The molecule has 10 heteroatoms. The Kier molecular flexibility index (Phi) is 8.27. The molecule has 0 N–H and O–H groups in total. The molecule has 0 aliphatic heterocycles. The van der Waals surface area contributed by atoms with Gasteiger partial charge in [0.25, 0.3) is 0 Å². The van der Waals surface area contributed by atoms with Crippen LogP contribution in [0.1, 0.15) is 27.8 Å². The van der Waals surface area contributed by atoms with Crippen LogP contribution in [0, 0.1) is 54.1 Å². The Morgan fingerprint density at radius 1 is 0.492 bits per heavy atom. The normalized spacial score (nSPS) is 11.3. The fourth-order valence-corrected chi connectivity index (χ4v) is 8.11. The van der Waals surface area contributed by atoms with Gasteiger partial charge in [0.2, 0.25) is 0 Å². The van der Waals surface area contributed by atoms with Gasteiger partial charge in [0, 0.05) is 21.9 Å². The van der Waals surface area contributed by atoms with Gasteiger partial charge < -0.3 is 9.13 Å². The van der Waals surface area contributed by atoms with Gasteiger partial charge in [-0.15, -0.1) is 0 Å². The zero-order valence-electron chi connectivity index (χ0n) is 30.9. The van der Waals surface area contributed by atoms with Crippen molar-refractivity contribution >= 4 is 55.0 Å². The Morgan fingerprint density at radius 2 is 0.915 bits per heavy atom. The van der Waals surface area contributed by atoms with Crippen molar-refractivity contribution in [2.45, 2.75) is 13.1 Å². The maximum absolute atomic E-state index is 13.8. The van der Waals surface area contributed by atoms with E-state index in [1.165, 1.54) is 6.07 Å². The molecular weight excluding hydrogens is 744 g/mol. The minimum absolute atomic E-state index is 0.384. The summed E-state index contributed by atoms with van der Waals surface area (Å²) in [6.45, 7) is 17.1. The molecular formula is C49H24F3N7. The third-order valence-corrected chi connectivity index (χ3v) is 10.8. The fourth-order valence-electron chi connectivity index (χ4n) is 8.11. The van der Waals surface area contributed by atoms with Crippen molar-refractivity contribution in [3.8, 4) is 51.8 Å². The topological polar surface area (TPSA) is 89.9 Å². The number of halogens is 3. The lowest BCUT2D eigenvalue weighted by molar-refractivity contribution is -0.137. The first-order valence-electron chi connectivity index (χ1n) is 18.1. The van der Waals surface area contributed by atoms with Crippen LogP contribution in [-0.2, 0) is 6.18 Å². The number of benzene rings is 7. The third kappa shape index (κ3) is 5.79. The van der Waals surface area contributed by atoms with Crippen LogP contribution in [0.25, 0.3) is 86.9 Å². The fraction of sp³-hybridized carbons (Fsp3) is 0.0408. The number of aromatic nitrogens is 2. The maximum atomic E-state index is 13.8. The number of alkyl halides is 3. The molecule has 7 aromatic carbocycles. The molecule has 0 radical (unpaired) electrons. The zero-order chi connectivity index (χ0) is 41.2. The molecule has 0 unspecified atom stereocenters.